The average Bonchev–Trinajstić information content (AvgIpc) is 3.27. The predicted molar refractivity (Wildman–Crippen MR) is 120 cm³/mol. The molecule has 0 saturated carbocycles. The number of nitrogens with one attached hydrogen (secondary N) is 1. The summed E-state index contributed by atoms with van der Waals surface area (Å²) in [5, 5.41) is 12.6. The number of aromatic nitrogens is 5. The van der Waals surface area contributed by atoms with Gasteiger partial charge in [0, 0.05) is 37.6 Å². The molecule has 5 rings (SSSR count). The summed E-state index contributed by atoms with van der Waals surface area (Å²) in [4.78, 5) is 18.8. The van der Waals surface area contributed by atoms with E-state index in [4.69, 9.17) is 0 Å². The van der Waals surface area contributed by atoms with Crippen molar-refractivity contribution in [1.29, 1.82) is 0 Å². The zero-order chi connectivity index (χ0) is 21.9. The number of nitrogens with zero attached hydrogens (tertiary/aromatic N) is 6. The van der Waals surface area contributed by atoms with E-state index in [-0.39, 0.29) is 24.0 Å². The standard InChI is InChI=1S/C23H24FN7O/c24-18-5-3-4-17(14-18)16-31-23(32)10-9-22(28-31)29-12-2-1-6-19(29)15-26-20-7-8-21-25-11-13-30(21)27-20/h3-5,7-11,13-14,19H,1-2,6,12,15-16H2,(H,26,27). The fourth-order valence-electron chi connectivity index (χ4n) is 4.16. The van der Waals surface area contributed by atoms with Crippen molar-refractivity contribution in [1.82, 2.24) is 24.4 Å². The fraction of sp³-hybridized carbons (Fsp3) is 0.304. The molecule has 4 heterocycles. The molecule has 0 aliphatic carbocycles. The van der Waals surface area contributed by atoms with Crippen LogP contribution in [0.4, 0.5) is 16.0 Å². The molecule has 1 aliphatic heterocycles. The summed E-state index contributed by atoms with van der Waals surface area (Å²) in [7, 11) is 0. The van der Waals surface area contributed by atoms with Gasteiger partial charge in [0.2, 0.25) is 0 Å². The van der Waals surface area contributed by atoms with Crippen LogP contribution in [0, 0.1) is 5.82 Å². The van der Waals surface area contributed by atoms with Gasteiger partial charge in [-0.05, 0) is 55.2 Å². The predicted octanol–water partition coefficient (Wildman–Crippen LogP) is 2.94. The molecule has 1 aliphatic rings. The summed E-state index contributed by atoms with van der Waals surface area (Å²) in [6.45, 7) is 1.80. The number of hydrogen-bond donors (Lipinski definition) is 1. The second kappa shape index (κ2) is 8.78. The summed E-state index contributed by atoms with van der Waals surface area (Å²) in [6.07, 6.45) is 6.77. The van der Waals surface area contributed by atoms with Crippen molar-refractivity contribution < 1.29 is 4.39 Å². The summed E-state index contributed by atoms with van der Waals surface area (Å²) in [6, 6.07) is 13.6. The van der Waals surface area contributed by atoms with Gasteiger partial charge in [0.15, 0.2) is 5.65 Å². The highest BCUT2D eigenvalue weighted by molar-refractivity contribution is 5.45. The summed E-state index contributed by atoms with van der Waals surface area (Å²) in [5.74, 6) is 1.21. The highest BCUT2D eigenvalue weighted by Crippen LogP contribution is 2.23. The number of halogens is 1. The van der Waals surface area contributed by atoms with Gasteiger partial charge in [0.1, 0.15) is 17.5 Å². The summed E-state index contributed by atoms with van der Waals surface area (Å²) in [5.41, 5.74) is 1.30. The molecule has 0 spiro atoms. The molecule has 1 N–H and O–H groups in total. The number of benzene rings is 1. The molecule has 0 bridgehead atoms. The van der Waals surface area contributed by atoms with Crippen molar-refractivity contribution in [2.24, 2.45) is 0 Å². The molecule has 4 aromatic rings. The number of imidazole rings is 1. The quantitative estimate of drug-likeness (QED) is 0.504. The number of hydrogen-bond acceptors (Lipinski definition) is 6. The van der Waals surface area contributed by atoms with E-state index in [2.05, 4.69) is 25.4 Å². The third-order valence-corrected chi connectivity index (χ3v) is 5.77. The molecule has 9 heteroatoms. The first-order valence-corrected chi connectivity index (χ1v) is 10.8. The van der Waals surface area contributed by atoms with E-state index < -0.39 is 0 Å². The van der Waals surface area contributed by atoms with Crippen LogP contribution in [0.1, 0.15) is 24.8 Å². The Bertz CT molecular complexity index is 1280. The van der Waals surface area contributed by atoms with Crippen molar-refractivity contribution in [3.05, 3.63) is 82.7 Å². The van der Waals surface area contributed by atoms with Crippen LogP contribution in [0.5, 0.6) is 0 Å². The largest absolute Gasteiger partial charge is 0.367 e. The van der Waals surface area contributed by atoms with Gasteiger partial charge in [-0.2, -0.15) is 5.10 Å². The highest BCUT2D eigenvalue weighted by Gasteiger charge is 2.24. The number of piperidine rings is 1. The minimum absolute atomic E-state index is 0.206. The molecular formula is C23H24FN7O. The fourth-order valence-corrected chi connectivity index (χ4v) is 4.16. The average molecular weight is 433 g/mol. The first-order chi connectivity index (χ1) is 15.7. The van der Waals surface area contributed by atoms with Crippen molar-refractivity contribution in [2.45, 2.75) is 31.8 Å². The maximum Gasteiger partial charge on any atom is 0.267 e. The van der Waals surface area contributed by atoms with Crippen LogP contribution in [0.15, 0.2) is 65.7 Å². The lowest BCUT2D eigenvalue weighted by Gasteiger charge is -2.36. The molecule has 1 saturated heterocycles. The topological polar surface area (TPSA) is 80.3 Å². The van der Waals surface area contributed by atoms with Crippen LogP contribution in [0.3, 0.4) is 0 Å². The first-order valence-electron chi connectivity index (χ1n) is 10.8. The van der Waals surface area contributed by atoms with E-state index in [1.807, 2.05) is 18.3 Å². The molecule has 3 aromatic heterocycles. The third-order valence-electron chi connectivity index (χ3n) is 5.77. The second-order valence-electron chi connectivity index (χ2n) is 7.99. The Morgan fingerprint density at radius 2 is 2.03 bits per heavy atom. The van der Waals surface area contributed by atoms with Crippen LogP contribution in [0.2, 0.25) is 0 Å². The van der Waals surface area contributed by atoms with E-state index in [0.29, 0.717) is 12.1 Å². The van der Waals surface area contributed by atoms with Gasteiger partial charge >= 0.3 is 0 Å². The Morgan fingerprint density at radius 3 is 2.94 bits per heavy atom. The summed E-state index contributed by atoms with van der Waals surface area (Å²) < 4.78 is 16.7. The lowest BCUT2D eigenvalue weighted by Crippen LogP contribution is -2.45. The number of rotatable bonds is 6. The first kappa shape index (κ1) is 20.2. The van der Waals surface area contributed by atoms with Crippen LogP contribution >= 0.6 is 0 Å². The smallest absolute Gasteiger partial charge is 0.267 e. The van der Waals surface area contributed by atoms with Crippen LogP contribution < -0.4 is 15.8 Å². The Labute approximate surface area is 184 Å². The van der Waals surface area contributed by atoms with E-state index in [1.54, 1.807) is 28.9 Å². The Hall–Kier alpha value is -3.75. The lowest BCUT2D eigenvalue weighted by molar-refractivity contribution is 0.462. The normalized spacial score (nSPS) is 16.4. The third kappa shape index (κ3) is 4.32. The van der Waals surface area contributed by atoms with E-state index in [0.717, 1.165) is 43.1 Å². The molecule has 1 aromatic carbocycles. The molecule has 164 valence electrons. The molecule has 0 radical (unpaired) electrons. The highest BCUT2D eigenvalue weighted by atomic mass is 19.1. The van der Waals surface area contributed by atoms with Crippen molar-refractivity contribution in [3.8, 4) is 0 Å². The maximum atomic E-state index is 13.6. The molecule has 1 unspecified atom stereocenters. The van der Waals surface area contributed by atoms with Gasteiger partial charge in [-0.15, -0.1) is 5.10 Å². The van der Waals surface area contributed by atoms with Gasteiger partial charge in [0.25, 0.3) is 5.56 Å². The second-order valence-corrected chi connectivity index (χ2v) is 7.99. The van der Waals surface area contributed by atoms with Gasteiger partial charge in [-0.25, -0.2) is 18.6 Å². The molecule has 1 atom stereocenters. The molecule has 8 nitrogen and oxygen atoms in total. The zero-order valence-corrected chi connectivity index (χ0v) is 17.6. The van der Waals surface area contributed by atoms with Crippen molar-refractivity contribution in [2.75, 3.05) is 23.3 Å². The SMILES string of the molecule is O=c1ccc(N2CCCCC2CNc2ccc3nccn3n2)nn1Cc1cccc(F)c1. The van der Waals surface area contributed by atoms with Crippen molar-refractivity contribution >= 4 is 17.3 Å². The lowest BCUT2D eigenvalue weighted by atomic mass is 10.0. The number of fused-ring (bicyclic) bond motifs is 1. The van der Waals surface area contributed by atoms with Gasteiger partial charge in [-0.1, -0.05) is 12.1 Å². The van der Waals surface area contributed by atoms with Crippen LogP contribution in [-0.2, 0) is 6.54 Å². The minimum atomic E-state index is -0.323. The van der Waals surface area contributed by atoms with E-state index in [1.165, 1.54) is 22.9 Å². The van der Waals surface area contributed by atoms with Crippen LogP contribution in [0.25, 0.3) is 5.65 Å². The zero-order valence-electron chi connectivity index (χ0n) is 17.6. The Balaban J connectivity index is 1.34. The monoisotopic (exact) mass is 433 g/mol. The number of anilines is 2. The Kier molecular flexibility index (Phi) is 5.53. The van der Waals surface area contributed by atoms with E-state index in [9.17, 15) is 9.18 Å². The summed E-state index contributed by atoms with van der Waals surface area (Å²) >= 11 is 0. The van der Waals surface area contributed by atoms with Crippen LogP contribution in [-0.4, -0.2) is 43.5 Å². The maximum absolute atomic E-state index is 13.6. The van der Waals surface area contributed by atoms with Crippen molar-refractivity contribution in [3.63, 3.8) is 0 Å². The van der Waals surface area contributed by atoms with Gasteiger partial charge < -0.3 is 10.2 Å². The molecule has 0 amide bonds. The molecule has 32 heavy (non-hydrogen) atoms. The van der Waals surface area contributed by atoms with Gasteiger partial charge in [0.05, 0.1) is 6.54 Å². The van der Waals surface area contributed by atoms with E-state index >= 15 is 0 Å². The minimum Gasteiger partial charge on any atom is -0.367 e. The Morgan fingerprint density at radius 1 is 1.09 bits per heavy atom. The molecule has 1 fully saturated rings. The van der Waals surface area contributed by atoms with Gasteiger partial charge in [-0.3, -0.25) is 4.79 Å². The molecular weight excluding hydrogens is 409 g/mol.